The normalized spacial score (nSPS) is 20.4. The van der Waals surface area contributed by atoms with Crippen LogP contribution >= 0.6 is 0 Å². The molecule has 1 aliphatic heterocycles. The van der Waals surface area contributed by atoms with Crippen molar-refractivity contribution in [3.05, 3.63) is 47.5 Å². The van der Waals surface area contributed by atoms with Gasteiger partial charge in [-0.3, -0.25) is 15.0 Å². The highest BCUT2D eigenvalue weighted by Gasteiger charge is 2.27. The highest BCUT2D eigenvalue weighted by atomic mass is 15.2. The van der Waals surface area contributed by atoms with Crippen LogP contribution in [0.1, 0.15) is 35.8 Å². The Hall–Kier alpha value is -1.68. The predicted octanol–water partition coefficient (Wildman–Crippen LogP) is 2.45. The second-order valence-corrected chi connectivity index (χ2v) is 4.90. The van der Waals surface area contributed by atoms with Crippen LogP contribution in [-0.4, -0.2) is 26.6 Å². The van der Waals surface area contributed by atoms with Crippen LogP contribution in [0.15, 0.2) is 30.6 Å². The maximum atomic E-state index is 4.50. The average Bonchev–Trinajstić information content (AvgIpc) is 3.01. The molecule has 2 aromatic rings. The Kier molecular flexibility index (Phi) is 3.11. The summed E-state index contributed by atoms with van der Waals surface area (Å²) in [6.45, 7) is 4.18. The molecule has 4 nitrogen and oxygen atoms in total. The van der Waals surface area contributed by atoms with Crippen LogP contribution in [0, 0.1) is 6.92 Å². The SMILES string of the molecule is Cc1[nH]ncc1CN1CCCC1c1ccccn1. The van der Waals surface area contributed by atoms with E-state index in [-0.39, 0.29) is 0 Å². The first kappa shape index (κ1) is 11.4. The number of nitrogens with one attached hydrogen (secondary N) is 1. The first-order chi connectivity index (χ1) is 8.84. The Labute approximate surface area is 107 Å². The zero-order valence-electron chi connectivity index (χ0n) is 10.6. The molecule has 1 unspecified atom stereocenters. The summed E-state index contributed by atoms with van der Waals surface area (Å²) < 4.78 is 0. The Morgan fingerprint density at radius 1 is 1.44 bits per heavy atom. The van der Waals surface area contributed by atoms with Crippen molar-refractivity contribution in [1.29, 1.82) is 0 Å². The van der Waals surface area contributed by atoms with Gasteiger partial charge in [0, 0.05) is 24.0 Å². The van der Waals surface area contributed by atoms with E-state index in [4.69, 9.17) is 0 Å². The molecule has 1 atom stereocenters. The number of rotatable bonds is 3. The lowest BCUT2D eigenvalue weighted by Gasteiger charge is -2.23. The second-order valence-electron chi connectivity index (χ2n) is 4.90. The Bertz CT molecular complexity index is 506. The molecule has 3 rings (SSSR count). The summed E-state index contributed by atoms with van der Waals surface area (Å²) in [4.78, 5) is 7.00. The maximum absolute atomic E-state index is 4.50. The van der Waals surface area contributed by atoms with Crippen molar-refractivity contribution < 1.29 is 0 Å². The van der Waals surface area contributed by atoms with Crippen molar-refractivity contribution in [2.75, 3.05) is 6.54 Å². The van der Waals surface area contributed by atoms with Crippen molar-refractivity contribution in [1.82, 2.24) is 20.1 Å². The van der Waals surface area contributed by atoms with E-state index in [0.717, 1.165) is 13.1 Å². The van der Waals surface area contributed by atoms with Gasteiger partial charge in [0.15, 0.2) is 0 Å². The van der Waals surface area contributed by atoms with Gasteiger partial charge in [-0.15, -0.1) is 0 Å². The van der Waals surface area contributed by atoms with Crippen LogP contribution in [0.2, 0.25) is 0 Å². The number of H-pyrrole nitrogens is 1. The summed E-state index contributed by atoms with van der Waals surface area (Å²) in [7, 11) is 0. The fraction of sp³-hybridized carbons (Fsp3) is 0.429. The van der Waals surface area contributed by atoms with Crippen molar-refractivity contribution in [2.45, 2.75) is 32.4 Å². The molecule has 94 valence electrons. The second kappa shape index (κ2) is 4.90. The minimum atomic E-state index is 0.459. The van der Waals surface area contributed by atoms with Crippen molar-refractivity contribution in [3.63, 3.8) is 0 Å². The Morgan fingerprint density at radius 3 is 3.11 bits per heavy atom. The predicted molar refractivity (Wildman–Crippen MR) is 69.9 cm³/mol. The molecule has 18 heavy (non-hydrogen) atoms. The zero-order valence-corrected chi connectivity index (χ0v) is 10.6. The molecule has 1 N–H and O–H groups in total. The molecule has 0 radical (unpaired) electrons. The van der Waals surface area contributed by atoms with Crippen LogP contribution in [0.3, 0.4) is 0 Å². The summed E-state index contributed by atoms with van der Waals surface area (Å²) in [6.07, 6.45) is 6.27. The summed E-state index contributed by atoms with van der Waals surface area (Å²) in [5, 5.41) is 7.10. The molecule has 1 aliphatic rings. The van der Waals surface area contributed by atoms with Gasteiger partial charge < -0.3 is 0 Å². The van der Waals surface area contributed by atoms with E-state index in [9.17, 15) is 0 Å². The summed E-state index contributed by atoms with van der Waals surface area (Å²) in [5.74, 6) is 0. The largest absolute Gasteiger partial charge is 0.290 e. The minimum absolute atomic E-state index is 0.459. The van der Waals surface area contributed by atoms with Gasteiger partial charge in [0.25, 0.3) is 0 Å². The molecule has 0 saturated carbocycles. The third-order valence-corrected chi connectivity index (χ3v) is 3.70. The topological polar surface area (TPSA) is 44.8 Å². The minimum Gasteiger partial charge on any atom is -0.290 e. The molecule has 3 heterocycles. The monoisotopic (exact) mass is 242 g/mol. The number of aryl methyl sites for hydroxylation is 1. The average molecular weight is 242 g/mol. The fourth-order valence-electron chi connectivity index (χ4n) is 2.68. The van der Waals surface area contributed by atoms with Crippen molar-refractivity contribution in [3.8, 4) is 0 Å². The Balaban J connectivity index is 1.78. The summed E-state index contributed by atoms with van der Waals surface area (Å²) in [5.41, 5.74) is 3.65. The van der Waals surface area contributed by atoms with Crippen LogP contribution < -0.4 is 0 Å². The molecule has 0 aliphatic carbocycles. The molecule has 4 heteroatoms. The quantitative estimate of drug-likeness (QED) is 0.899. The van der Waals surface area contributed by atoms with Gasteiger partial charge in [-0.1, -0.05) is 6.07 Å². The van der Waals surface area contributed by atoms with Gasteiger partial charge in [-0.25, -0.2) is 0 Å². The van der Waals surface area contributed by atoms with Crippen molar-refractivity contribution in [2.24, 2.45) is 0 Å². The van der Waals surface area contributed by atoms with Gasteiger partial charge >= 0.3 is 0 Å². The first-order valence-electron chi connectivity index (χ1n) is 6.48. The summed E-state index contributed by atoms with van der Waals surface area (Å²) >= 11 is 0. The molecule has 1 fully saturated rings. The lowest BCUT2D eigenvalue weighted by Crippen LogP contribution is -2.23. The number of aromatic amines is 1. The molecule has 2 aromatic heterocycles. The first-order valence-corrected chi connectivity index (χ1v) is 6.48. The third-order valence-electron chi connectivity index (χ3n) is 3.70. The highest BCUT2D eigenvalue weighted by Crippen LogP contribution is 2.31. The van der Waals surface area contributed by atoms with E-state index in [1.165, 1.54) is 29.8 Å². The molecule has 0 bridgehead atoms. The molecule has 0 amide bonds. The lowest BCUT2D eigenvalue weighted by atomic mass is 10.1. The van der Waals surface area contributed by atoms with Gasteiger partial charge in [0.05, 0.1) is 17.9 Å². The van der Waals surface area contributed by atoms with E-state index in [2.05, 4.69) is 39.1 Å². The van der Waals surface area contributed by atoms with Crippen LogP contribution in [0.25, 0.3) is 0 Å². The molecule has 1 saturated heterocycles. The zero-order chi connectivity index (χ0) is 12.4. The molecular weight excluding hydrogens is 224 g/mol. The van der Waals surface area contributed by atoms with Crippen molar-refractivity contribution >= 4 is 0 Å². The maximum Gasteiger partial charge on any atom is 0.0575 e. The number of likely N-dealkylation sites (tertiary alicyclic amines) is 1. The number of nitrogens with zero attached hydrogens (tertiary/aromatic N) is 3. The van der Waals surface area contributed by atoms with E-state index >= 15 is 0 Å². The lowest BCUT2D eigenvalue weighted by molar-refractivity contribution is 0.244. The van der Waals surface area contributed by atoms with E-state index in [0.29, 0.717) is 6.04 Å². The standard InChI is InChI=1S/C14H18N4/c1-11-12(9-16-17-11)10-18-8-4-6-14(18)13-5-2-3-7-15-13/h2-3,5,7,9,14H,4,6,8,10H2,1H3,(H,16,17). The number of hydrogen-bond donors (Lipinski definition) is 1. The molecule has 0 aromatic carbocycles. The van der Waals surface area contributed by atoms with Gasteiger partial charge in [-0.2, -0.15) is 5.10 Å². The van der Waals surface area contributed by atoms with Gasteiger partial charge in [0.1, 0.15) is 0 Å². The molecule has 0 spiro atoms. The van der Waals surface area contributed by atoms with E-state index < -0.39 is 0 Å². The van der Waals surface area contributed by atoms with Crippen LogP contribution in [-0.2, 0) is 6.54 Å². The number of hydrogen-bond acceptors (Lipinski definition) is 3. The number of pyridine rings is 1. The van der Waals surface area contributed by atoms with E-state index in [1.54, 1.807) is 0 Å². The number of aromatic nitrogens is 3. The van der Waals surface area contributed by atoms with E-state index in [1.807, 2.05) is 18.5 Å². The van der Waals surface area contributed by atoms with Gasteiger partial charge in [0.2, 0.25) is 0 Å². The summed E-state index contributed by atoms with van der Waals surface area (Å²) in [6, 6.07) is 6.64. The molecular formula is C14H18N4. The fourth-order valence-corrected chi connectivity index (χ4v) is 2.68. The van der Waals surface area contributed by atoms with Crippen LogP contribution in [0.4, 0.5) is 0 Å². The van der Waals surface area contributed by atoms with Crippen LogP contribution in [0.5, 0.6) is 0 Å². The Morgan fingerprint density at radius 2 is 2.39 bits per heavy atom. The third kappa shape index (κ3) is 2.16. The highest BCUT2D eigenvalue weighted by molar-refractivity contribution is 5.16. The van der Waals surface area contributed by atoms with Gasteiger partial charge in [-0.05, 0) is 38.4 Å². The smallest absolute Gasteiger partial charge is 0.0575 e.